The van der Waals surface area contributed by atoms with Crippen LogP contribution >= 0.6 is 0 Å². The molecule has 0 atom stereocenters. The van der Waals surface area contributed by atoms with Gasteiger partial charge in [0.1, 0.15) is 0 Å². The maximum absolute atomic E-state index is 12.8. The molecule has 0 aromatic heterocycles. The summed E-state index contributed by atoms with van der Waals surface area (Å²) in [4.78, 5) is 14.9. The van der Waals surface area contributed by atoms with Gasteiger partial charge in [0.25, 0.3) is 5.91 Å². The molecule has 29 heavy (non-hydrogen) atoms. The number of carbonyl (C=O) groups is 1. The quantitative estimate of drug-likeness (QED) is 0.771. The smallest absolute Gasteiger partial charge is 0.254 e. The van der Waals surface area contributed by atoms with E-state index >= 15 is 0 Å². The molecule has 2 aliphatic rings. The molecule has 2 aromatic carbocycles. The topological polar surface area (TPSA) is 57.7 Å². The molecule has 152 valence electrons. The first-order valence-corrected chi connectivity index (χ1v) is 11.6. The Morgan fingerprint density at radius 3 is 2.14 bits per heavy atom. The molecule has 4 rings (SSSR count). The second-order valence-electron chi connectivity index (χ2n) is 7.59. The molecule has 2 aliphatic heterocycles. The molecule has 0 unspecified atom stereocenters. The zero-order chi connectivity index (χ0) is 20.3. The number of sulfonamides is 1. The molecule has 1 fully saturated rings. The lowest BCUT2D eigenvalue weighted by atomic mass is 9.99. The van der Waals surface area contributed by atoms with Crippen LogP contribution in [0.15, 0.2) is 65.6 Å². The monoisotopic (exact) mass is 410 g/mol. The molecule has 0 radical (unpaired) electrons. The van der Waals surface area contributed by atoms with Crippen LogP contribution in [-0.2, 0) is 10.0 Å². The fourth-order valence-corrected chi connectivity index (χ4v) is 5.49. The van der Waals surface area contributed by atoms with E-state index in [2.05, 4.69) is 18.2 Å². The van der Waals surface area contributed by atoms with Crippen molar-refractivity contribution < 1.29 is 13.2 Å². The van der Waals surface area contributed by atoms with Crippen LogP contribution in [0.25, 0.3) is 5.57 Å². The van der Waals surface area contributed by atoms with E-state index in [-0.39, 0.29) is 10.8 Å². The molecular formula is C23H26N2O3S. The molecular weight excluding hydrogens is 384 g/mol. The van der Waals surface area contributed by atoms with Gasteiger partial charge in [0, 0.05) is 31.7 Å². The molecule has 0 aliphatic carbocycles. The molecule has 6 heteroatoms. The highest BCUT2D eigenvalue weighted by atomic mass is 32.2. The van der Waals surface area contributed by atoms with Crippen LogP contribution in [0.5, 0.6) is 0 Å². The molecule has 1 amide bonds. The van der Waals surface area contributed by atoms with Crippen molar-refractivity contribution in [3.63, 3.8) is 0 Å². The van der Waals surface area contributed by atoms with Gasteiger partial charge in [-0.05, 0) is 54.7 Å². The zero-order valence-corrected chi connectivity index (χ0v) is 17.3. The molecule has 0 N–H and O–H groups in total. The summed E-state index contributed by atoms with van der Waals surface area (Å²) in [6.07, 6.45) is 5.81. The van der Waals surface area contributed by atoms with Crippen LogP contribution < -0.4 is 0 Å². The van der Waals surface area contributed by atoms with Crippen molar-refractivity contribution >= 4 is 21.5 Å². The predicted octanol–water partition coefficient (Wildman–Crippen LogP) is 3.79. The Labute approximate surface area is 172 Å². The van der Waals surface area contributed by atoms with Gasteiger partial charge in [-0.1, -0.05) is 42.8 Å². The lowest BCUT2D eigenvalue weighted by Gasteiger charge is -2.27. The summed E-state index contributed by atoms with van der Waals surface area (Å²) in [6, 6.07) is 16.6. The minimum atomic E-state index is -3.47. The number of hydrogen-bond donors (Lipinski definition) is 0. The van der Waals surface area contributed by atoms with Crippen LogP contribution in [0.3, 0.4) is 0 Å². The standard InChI is InChI=1S/C23H26N2O3S/c26-23(24-17-13-20(14-18-24)19-7-3-1-4-8-19)21-9-11-22(12-10-21)29(27,28)25-15-5-2-6-16-25/h1,3-4,7-13H,2,5-6,14-18H2. The third-order valence-electron chi connectivity index (χ3n) is 5.69. The van der Waals surface area contributed by atoms with Crippen LogP contribution in [0, 0.1) is 0 Å². The van der Waals surface area contributed by atoms with Gasteiger partial charge in [-0.2, -0.15) is 4.31 Å². The Morgan fingerprint density at radius 2 is 1.52 bits per heavy atom. The van der Waals surface area contributed by atoms with Crippen LogP contribution in [0.2, 0.25) is 0 Å². The Morgan fingerprint density at radius 1 is 0.828 bits per heavy atom. The van der Waals surface area contributed by atoms with Gasteiger partial charge in [0.15, 0.2) is 0 Å². The van der Waals surface area contributed by atoms with Crippen molar-refractivity contribution in [3.05, 3.63) is 71.8 Å². The van der Waals surface area contributed by atoms with E-state index < -0.39 is 10.0 Å². The fraction of sp³-hybridized carbons (Fsp3) is 0.348. The molecule has 0 saturated carbocycles. The molecule has 0 spiro atoms. The largest absolute Gasteiger partial charge is 0.335 e. The maximum Gasteiger partial charge on any atom is 0.254 e. The molecule has 2 heterocycles. The average molecular weight is 411 g/mol. The Balaban J connectivity index is 1.44. The van der Waals surface area contributed by atoms with Crippen molar-refractivity contribution in [1.29, 1.82) is 0 Å². The van der Waals surface area contributed by atoms with Crippen molar-refractivity contribution in [2.75, 3.05) is 26.2 Å². The van der Waals surface area contributed by atoms with Crippen LogP contribution in [0.1, 0.15) is 41.6 Å². The molecule has 0 bridgehead atoms. The summed E-state index contributed by atoms with van der Waals surface area (Å²) in [5.41, 5.74) is 2.99. The van der Waals surface area contributed by atoms with Gasteiger partial charge in [0.05, 0.1) is 4.90 Å². The highest BCUT2D eigenvalue weighted by Crippen LogP contribution is 2.24. The van der Waals surface area contributed by atoms with E-state index in [4.69, 9.17) is 0 Å². The summed E-state index contributed by atoms with van der Waals surface area (Å²) in [7, 11) is -3.47. The molecule has 1 saturated heterocycles. The second-order valence-corrected chi connectivity index (χ2v) is 9.52. The number of hydrogen-bond acceptors (Lipinski definition) is 3. The van der Waals surface area contributed by atoms with Gasteiger partial charge in [-0.25, -0.2) is 8.42 Å². The van der Waals surface area contributed by atoms with Gasteiger partial charge in [-0.15, -0.1) is 0 Å². The van der Waals surface area contributed by atoms with Gasteiger partial charge < -0.3 is 4.90 Å². The van der Waals surface area contributed by atoms with E-state index in [0.717, 1.165) is 25.7 Å². The number of carbonyl (C=O) groups excluding carboxylic acids is 1. The van der Waals surface area contributed by atoms with E-state index in [1.165, 1.54) is 11.1 Å². The zero-order valence-electron chi connectivity index (χ0n) is 16.5. The first-order valence-electron chi connectivity index (χ1n) is 10.2. The number of nitrogens with zero attached hydrogens (tertiary/aromatic N) is 2. The van der Waals surface area contributed by atoms with Crippen molar-refractivity contribution in [3.8, 4) is 0 Å². The van der Waals surface area contributed by atoms with E-state index in [1.807, 2.05) is 18.2 Å². The third-order valence-corrected chi connectivity index (χ3v) is 7.61. The first-order chi connectivity index (χ1) is 14.1. The minimum absolute atomic E-state index is 0.0599. The van der Waals surface area contributed by atoms with Crippen molar-refractivity contribution in [2.24, 2.45) is 0 Å². The Bertz CT molecular complexity index is 992. The van der Waals surface area contributed by atoms with Gasteiger partial charge in [-0.3, -0.25) is 4.79 Å². The summed E-state index contributed by atoms with van der Waals surface area (Å²) in [5.74, 6) is -0.0599. The normalized spacial score (nSPS) is 18.3. The fourth-order valence-electron chi connectivity index (χ4n) is 3.97. The van der Waals surface area contributed by atoms with Crippen molar-refractivity contribution in [1.82, 2.24) is 9.21 Å². The highest BCUT2D eigenvalue weighted by Gasteiger charge is 2.26. The summed E-state index contributed by atoms with van der Waals surface area (Å²) in [6.45, 7) is 2.38. The first kappa shape index (κ1) is 19.9. The maximum atomic E-state index is 12.8. The number of amides is 1. The van der Waals surface area contributed by atoms with Crippen LogP contribution in [-0.4, -0.2) is 49.7 Å². The number of benzene rings is 2. The molecule has 2 aromatic rings. The lowest BCUT2D eigenvalue weighted by Crippen LogP contribution is -2.36. The van der Waals surface area contributed by atoms with E-state index in [1.54, 1.807) is 33.5 Å². The van der Waals surface area contributed by atoms with Crippen LogP contribution in [0.4, 0.5) is 0 Å². The third kappa shape index (κ3) is 4.28. The highest BCUT2D eigenvalue weighted by molar-refractivity contribution is 7.89. The van der Waals surface area contributed by atoms with Gasteiger partial charge >= 0.3 is 0 Å². The predicted molar refractivity (Wildman–Crippen MR) is 114 cm³/mol. The second kappa shape index (κ2) is 8.51. The Kier molecular flexibility index (Phi) is 5.83. The minimum Gasteiger partial charge on any atom is -0.335 e. The summed E-state index contributed by atoms with van der Waals surface area (Å²) < 4.78 is 27.1. The molecule has 5 nitrogen and oxygen atoms in total. The SMILES string of the molecule is O=C(c1ccc(S(=O)(=O)N2CCCCC2)cc1)N1CC=C(c2ccccc2)CC1. The summed E-state index contributed by atoms with van der Waals surface area (Å²) >= 11 is 0. The van der Waals surface area contributed by atoms with E-state index in [9.17, 15) is 13.2 Å². The van der Waals surface area contributed by atoms with E-state index in [0.29, 0.717) is 31.7 Å². The van der Waals surface area contributed by atoms with Gasteiger partial charge in [0.2, 0.25) is 10.0 Å². The Hall–Kier alpha value is -2.44. The average Bonchev–Trinajstić information content (AvgIpc) is 2.80. The number of rotatable bonds is 4. The summed E-state index contributed by atoms with van der Waals surface area (Å²) in [5, 5.41) is 0. The number of piperidine rings is 1. The lowest BCUT2D eigenvalue weighted by molar-refractivity contribution is 0.0772. The van der Waals surface area contributed by atoms with Crippen molar-refractivity contribution in [2.45, 2.75) is 30.6 Å².